The number of ether oxygens (including phenoxy) is 1. The molecule has 1 saturated heterocycles. The number of benzene rings is 1. The summed E-state index contributed by atoms with van der Waals surface area (Å²) in [5, 5.41) is 13.7. The Bertz CT molecular complexity index is 1290. The molecular weight excluding hydrogens is 485 g/mol. The van der Waals surface area contributed by atoms with E-state index in [2.05, 4.69) is 37.1 Å². The van der Waals surface area contributed by atoms with Gasteiger partial charge in [-0.25, -0.2) is 14.4 Å². The third-order valence-corrected chi connectivity index (χ3v) is 6.74. The van der Waals surface area contributed by atoms with Crippen LogP contribution in [0.3, 0.4) is 0 Å². The number of nitrogens with zero attached hydrogens (tertiary/aromatic N) is 5. The molecular formula is C26H33F3N6O2. The van der Waals surface area contributed by atoms with Crippen LogP contribution in [0.5, 0.6) is 5.88 Å². The molecule has 200 valence electrons. The quantitative estimate of drug-likeness (QED) is 0.480. The fraction of sp³-hybridized carbons (Fsp3) is 0.500. The zero-order chi connectivity index (χ0) is 27.1. The van der Waals surface area contributed by atoms with E-state index in [0.717, 1.165) is 51.8 Å². The highest BCUT2D eigenvalue weighted by molar-refractivity contribution is 5.90. The van der Waals surface area contributed by atoms with Gasteiger partial charge in [-0.15, -0.1) is 0 Å². The van der Waals surface area contributed by atoms with Gasteiger partial charge in [-0.05, 0) is 46.9 Å². The summed E-state index contributed by atoms with van der Waals surface area (Å²) in [5.41, 5.74) is -2.08. The van der Waals surface area contributed by atoms with Gasteiger partial charge in [0.2, 0.25) is 5.88 Å². The first-order chi connectivity index (χ1) is 17.3. The predicted molar refractivity (Wildman–Crippen MR) is 137 cm³/mol. The maximum absolute atomic E-state index is 15.4. The van der Waals surface area contributed by atoms with Crippen LogP contribution in [0.1, 0.15) is 43.8 Å². The summed E-state index contributed by atoms with van der Waals surface area (Å²) in [7, 11) is 3.63. The second-order valence-electron chi connectivity index (χ2n) is 10.0. The predicted octanol–water partition coefficient (Wildman–Crippen LogP) is 4.27. The molecule has 0 aliphatic carbocycles. The van der Waals surface area contributed by atoms with Crippen LogP contribution in [0.4, 0.5) is 24.7 Å². The molecule has 0 unspecified atom stereocenters. The van der Waals surface area contributed by atoms with Gasteiger partial charge in [-0.1, -0.05) is 12.1 Å². The van der Waals surface area contributed by atoms with Gasteiger partial charge in [0.05, 0.1) is 24.1 Å². The average molecular weight is 519 g/mol. The number of hydrogen-bond acceptors (Lipinski definition) is 8. The molecule has 4 rings (SSSR count). The first-order valence-electron chi connectivity index (χ1n) is 12.2. The lowest BCUT2D eigenvalue weighted by Gasteiger charge is -2.34. The number of aryl methyl sites for hydroxylation is 1. The number of aliphatic hydroxyl groups is 1. The number of aromatic nitrogens is 3. The van der Waals surface area contributed by atoms with Crippen LogP contribution >= 0.6 is 0 Å². The van der Waals surface area contributed by atoms with Crippen molar-refractivity contribution in [3.05, 3.63) is 47.0 Å². The lowest BCUT2D eigenvalue weighted by atomic mass is 9.91. The first-order valence-corrected chi connectivity index (χ1v) is 12.2. The van der Waals surface area contributed by atoms with Crippen LogP contribution in [0.25, 0.3) is 11.0 Å². The lowest BCUT2D eigenvalue weighted by molar-refractivity contribution is -0.170. The number of halogens is 3. The summed E-state index contributed by atoms with van der Waals surface area (Å²) in [6.07, 6.45) is 0. The molecule has 8 nitrogen and oxygen atoms in total. The zero-order valence-electron chi connectivity index (χ0n) is 21.9. The van der Waals surface area contributed by atoms with Crippen molar-refractivity contribution < 1.29 is 23.0 Å². The van der Waals surface area contributed by atoms with Crippen molar-refractivity contribution in [1.29, 1.82) is 0 Å². The SMILES string of the molecule is COc1nc2nc(C)nc(N[C@H](C)c3cccc(C(F)(F)C(C)(C)O)c3F)c2cc1N1CCN(C)CC1. The van der Waals surface area contributed by atoms with Crippen LogP contribution in [0.15, 0.2) is 24.3 Å². The number of rotatable bonds is 7. The highest BCUT2D eigenvalue weighted by Crippen LogP contribution is 2.41. The summed E-state index contributed by atoms with van der Waals surface area (Å²) in [5.74, 6) is -3.58. The van der Waals surface area contributed by atoms with Gasteiger partial charge < -0.3 is 25.0 Å². The van der Waals surface area contributed by atoms with Crippen molar-refractivity contribution in [2.45, 2.75) is 45.3 Å². The second-order valence-corrected chi connectivity index (χ2v) is 10.0. The third-order valence-electron chi connectivity index (χ3n) is 6.74. The summed E-state index contributed by atoms with van der Waals surface area (Å²) in [4.78, 5) is 18.0. The van der Waals surface area contributed by atoms with Gasteiger partial charge in [0.15, 0.2) is 5.65 Å². The lowest BCUT2D eigenvalue weighted by Crippen LogP contribution is -2.44. The number of pyridine rings is 1. The maximum Gasteiger partial charge on any atom is 0.303 e. The van der Waals surface area contributed by atoms with E-state index in [1.54, 1.807) is 21.0 Å². The molecule has 1 aliphatic heterocycles. The smallest absolute Gasteiger partial charge is 0.303 e. The topological polar surface area (TPSA) is 86.6 Å². The Morgan fingerprint density at radius 2 is 1.78 bits per heavy atom. The Balaban J connectivity index is 1.74. The number of nitrogens with one attached hydrogen (secondary N) is 1. The Morgan fingerprint density at radius 1 is 1.11 bits per heavy atom. The van der Waals surface area contributed by atoms with Crippen molar-refractivity contribution in [2.75, 3.05) is 50.6 Å². The molecule has 2 N–H and O–H groups in total. The number of piperazine rings is 1. The largest absolute Gasteiger partial charge is 0.479 e. The molecule has 1 aliphatic rings. The molecule has 0 amide bonds. The highest BCUT2D eigenvalue weighted by atomic mass is 19.3. The number of hydrogen-bond donors (Lipinski definition) is 2. The fourth-order valence-corrected chi connectivity index (χ4v) is 4.41. The highest BCUT2D eigenvalue weighted by Gasteiger charge is 2.49. The van der Waals surface area contributed by atoms with Gasteiger partial charge in [0, 0.05) is 31.7 Å². The molecule has 1 atom stereocenters. The fourth-order valence-electron chi connectivity index (χ4n) is 4.41. The second kappa shape index (κ2) is 9.94. The van der Waals surface area contributed by atoms with E-state index in [1.807, 2.05) is 6.07 Å². The van der Waals surface area contributed by atoms with Crippen LogP contribution in [0.2, 0.25) is 0 Å². The average Bonchev–Trinajstić information content (AvgIpc) is 2.83. The standard InChI is InChI=1S/C26H33F3N6O2/c1-15(17-8-7-9-19(21(17)27)26(28,29)25(3,4)36)30-22-18-14-20(35-12-10-34(5)11-13-35)24(37-6)33-23(18)32-16(2)31-22/h7-9,14-15,36H,10-13H2,1-6H3,(H,30,31,32,33)/t15-/m1/s1. The minimum absolute atomic E-state index is 0.0200. The summed E-state index contributed by atoms with van der Waals surface area (Å²) < 4.78 is 50.6. The molecule has 3 heterocycles. The molecule has 2 aromatic heterocycles. The molecule has 0 bridgehead atoms. The van der Waals surface area contributed by atoms with Gasteiger partial charge in [-0.2, -0.15) is 13.8 Å². The summed E-state index contributed by atoms with van der Waals surface area (Å²) in [6, 6.07) is 4.95. The van der Waals surface area contributed by atoms with Crippen LogP contribution in [0, 0.1) is 12.7 Å². The molecule has 0 radical (unpaired) electrons. The van der Waals surface area contributed by atoms with E-state index in [0.29, 0.717) is 28.6 Å². The minimum atomic E-state index is -3.79. The third kappa shape index (κ3) is 5.15. The molecule has 0 spiro atoms. The zero-order valence-corrected chi connectivity index (χ0v) is 21.9. The van der Waals surface area contributed by atoms with Crippen molar-refractivity contribution in [1.82, 2.24) is 19.9 Å². The Morgan fingerprint density at radius 3 is 2.41 bits per heavy atom. The summed E-state index contributed by atoms with van der Waals surface area (Å²) in [6.45, 7) is 8.64. The Labute approximate surface area is 214 Å². The van der Waals surface area contributed by atoms with E-state index in [-0.39, 0.29) is 5.56 Å². The molecule has 1 aromatic carbocycles. The van der Waals surface area contributed by atoms with Gasteiger partial charge in [-0.3, -0.25) is 0 Å². The number of methoxy groups -OCH3 is 1. The van der Waals surface area contributed by atoms with Crippen molar-refractivity contribution >= 4 is 22.5 Å². The van der Waals surface area contributed by atoms with Crippen molar-refractivity contribution in [3.63, 3.8) is 0 Å². The van der Waals surface area contributed by atoms with Gasteiger partial charge >= 0.3 is 5.92 Å². The van der Waals surface area contributed by atoms with E-state index in [4.69, 9.17) is 4.74 Å². The number of fused-ring (bicyclic) bond motifs is 1. The van der Waals surface area contributed by atoms with Gasteiger partial charge in [0.1, 0.15) is 28.7 Å². The number of anilines is 2. The van der Waals surface area contributed by atoms with Crippen LogP contribution in [-0.2, 0) is 5.92 Å². The molecule has 11 heteroatoms. The van der Waals surface area contributed by atoms with E-state index in [1.165, 1.54) is 12.1 Å². The molecule has 3 aromatic rings. The van der Waals surface area contributed by atoms with Crippen LogP contribution in [-0.4, -0.2) is 70.9 Å². The van der Waals surface area contributed by atoms with Gasteiger partial charge in [0.25, 0.3) is 0 Å². The van der Waals surface area contributed by atoms with E-state index >= 15 is 4.39 Å². The molecule has 1 fully saturated rings. The monoisotopic (exact) mass is 518 g/mol. The summed E-state index contributed by atoms with van der Waals surface area (Å²) >= 11 is 0. The Kier molecular flexibility index (Phi) is 7.22. The minimum Gasteiger partial charge on any atom is -0.479 e. The maximum atomic E-state index is 15.4. The Hall–Kier alpha value is -3.18. The molecule has 37 heavy (non-hydrogen) atoms. The van der Waals surface area contributed by atoms with E-state index in [9.17, 15) is 13.9 Å². The van der Waals surface area contributed by atoms with Crippen LogP contribution < -0.4 is 15.0 Å². The molecule has 0 saturated carbocycles. The van der Waals surface area contributed by atoms with Crippen molar-refractivity contribution in [2.24, 2.45) is 0 Å². The normalized spacial score (nSPS) is 16.2. The first kappa shape index (κ1) is 26.9. The number of alkyl halides is 2. The van der Waals surface area contributed by atoms with E-state index < -0.39 is 28.9 Å². The van der Waals surface area contributed by atoms with Crippen molar-refractivity contribution in [3.8, 4) is 5.88 Å². The number of likely N-dealkylation sites (N-methyl/N-ethyl adjacent to an activating group) is 1.